The molecule has 31 heavy (non-hydrogen) atoms. The molecule has 2 heterocycles. The van der Waals surface area contributed by atoms with Crippen molar-refractivity contribution in [2.75, 3.05) is 13.1 Å². The van der Waals surface area contributed by atoms with E-state index in [4.69, 9.17) is 11.6 Å². The number of nitrogens with zero attached hydrogens (tertiary/aromatic N) is 2. The standard InChI is InChI=1S/C24H25ClN2O4/c25-18-6-7-19-20(14-27(15-22(28)29)21(19)13-18)23(24(30)31)26-10-8-17(9-11-26)12-16-4-2-1-3-5-16/h1-7,13-14,17,23H,8-12,15H2,(H,28,29)(H,30,31)/t23-/m0/s1. The second-order valence-corrected chi connectivity index (χ2v) is 8.61. The van der Waals surface area contributed by atoms with Gasteiger partial charge in [-0.1, -0.05) is 48.0 Å². The Bertz CT molecular complexity index is 1090. The van der Waals surface area contributed by atoms with Gasteiger partial charge in [-0.05, 0) is 56.0 Å². The molecule has 0 saturated carbocycles. The zero-order valence-corrected chi connectivity index (χ0v) is 17.8. The molecule has 1 aromatic heterocycles. The van der Waals surface area contributed by atoms with E-state index < -0.39 is 18.0 Å². The van der Waals surface area contributed by atoms with Gasteiger partial charge in [0, 0.05) is 22.2 Å². The van der Waals surface area contributed by atoms with Crippen LogP contribution in [-0.4, -0.2) is 44.7 Å². The molecule has 0 aliphatic carbocycles. The Balaban J connectivity index is 1.58. The van der Waals surface area contributed by atoms with E-state index in [9.17, 15) is 19.8 Å². The second-order valence-electron chi connectivity index (χ2n) is 8.18. The molecule has 0 radical (unpaired) electrons. The molecule has 0 amide bonds. The van der Waals surface area contributed by atoms with E-state index in [2.05, 4.69) is 12.1 Å². The van der Waals surface area contributed by atoms with Gasteiger partial charge in [0.15, 0.2) is 0 Å². The van der Waals surface area contributed by atoms with Gasteiger partial charge in [0.05, 0.1) is 5.52 Å². The fourth-order valence-electron chi connectivity index (χ4n) is 4.64. The van der Waals surface area contributed by atoms with Gasteiger partial charge in [0.25, 0.3) is 0 Å². The first-order valence-electron chi connectivity index (χ1n) is 10.4. The first-order valence-corrected chi connectivity index (χ1v) is 10.8. The van der Waals surface area contributed by atoms with Crippen molar-refractivity contribution in [1.82, 2.24) is 9.47 Å². The fraction of sp³-hybridized carbons (Fsp3) is 0.333. The normalized spacial score (nSPS) is 16.4. The lowest BCUT2D eigenvalue weighted by molar-refractivity contribution is -0.144. The highest BCUT2D eigenvalue weighted by atomic mass is 35.5. The van der Waals surface area contributed by atoms with E-state index in [1.165, 1.54) is 5.56 Å². The Labute approximate surface area is 185 Å². The third kappa shape index (κ3) is 4.75. The first kappa shape index (κ1) is 21.4. The number of rotatable bonds is 7. The number of hydrogen-bond acceptors (Lipinski definition) is 3. The summed E-state index contributed by atoms with van der Waals surface area (Å²) in [6.07, 6.45) is 4.52. The minimum absolute atomic E-state index is 0.248. The van der Waals surface area contributed by atoms with Crippen LogP contribution in [0.1, 0.15) is 30.0 Å². The van der Waals surface area contributed by atoms with E-state index in [0.29, 0.717) is 35.1 Å². The number of halogens is 1. The maximum absolute atomic E-state index is 12.3. The van der Waals surface area contributed by atoms with Gasteiger partial charge in [-0.25, -0.2) is 0 Å². The fourth-order valence-corrected chi connectivity index (χ4v) is 4.80. The third-order valence-electron chi connectivity index (χ3n) is 6.09. The SMILES string of the molecule is O=C(O)Cn1cc([C@@H](C(=O)O)N2CCC(Cc3ccccc3)CC2)c2ccc(Cl)cc21. The third-order valence-corrected chi connectivity index (χ3v) is 6.33. The van der Waals surface area contributed by atoms with Crippen LogP contribution in [0.15, 0.2) is 54.7 Å². The molecule has 2 N–H and O–H groups in total. The summed E-state index contributed by atoms with van der Waals surface area (Å²) >= 11 is 6.12. The Morgan fingerprint density at radius 2 is 1.77 bits per heavy atom. The molecular formula is C24H25ClN2O4. The number of carbonyl (C=O) groups is 2. The van der Waals surface area contributed by atoms with Crippen molar-refractivity contribution in [3.63, 3.8) is 0 Å². The first-order chi connectivity index (χ1) is 14.9. The lowest BCUT2D eigenvalue weighted by Crippen LogP contribution is -2.40. The largest absolute Gasteiger partial charge is 0.480 e. The Morgan fingerprint density at radius 1 is 1.06 bits per heavy atom. The molecule has 1 atom stereocenters. The number of aromatic nitrogens is 1. The Morgan fingerprint density at radius 3 is 2.42 bits per heavy atom. The van der Waals surface area contributed by atoms with Gasteiger partial charge in [0.2, 0.25) is 0 Å². The van der Waals surface area contributed by atoms with Crippen LogP contribution >= 0.6 is 11.6 Å². The molecule has 4 rings (SSSR count). The van der Waals surface area contributed by atoms with Gasteiger partial charge in [-0.3, -0.25) is 14.5 Å². The average Bonchev–Trinajstić information content (AvgIpc) is 3.06. The number of likely N-dealkylation sites (tertiary alicyclic amines) is 1. The van der Waals surface area contributed by atoms with Gasteiger partial charge < -0.3 is 14.8 Å². The van der Waals surface area contributed by atoms with Crippen LogP contribution < -0.4 is 0 Å². The van der Waals surface area contributed by atoms with Crippen LogP contribution in [0.4, 0.5) is 0 Å². The number of carboxylic acid groups (broad SMARTS) is 2. The van der Waals surface area contributed by atoms with Crippen molar-refractivity contribution in [3.8, 4) is 0 Å². The zero-order valence-electron chi connectivity index (χ0n) is 17.1. The van der Waals surface area contributed by atoms with Gasteiger partial charge in [-0.2, -0.15) is 0 Å². The average molecular weight is 441 g/mol. The van der Waals surface area contributed by atoms with Crippen molar-refractivity contribution >= 4 is 34.4 Å². The highest BCUT2D eigenvalue weighted by molar-refractivity contribution is 6.31. The number of piperidine rings is 1. The smallest absolute Gasteiger partial charge is 0.325 e. The minimum Gasteiger partial charge on any atom is -0.480 e. The minimum atomic E-state index is -0.989. The molecular weight excluding hydrogens is 416 g/mol. The molecule has 1 aliphatic heterocycles. The monoisotopic (exact) mass is 440 g/mol. The summed E-state index contributed by atoms with van der Waals surface area (Å²) in [5, 5.41) is 20.6. The highest BCUT2D eigenvalue weighted by Gasteiger charge is 2.33. The maximum atomic E-state index is 12.3. The molecule has 162 valence electrons. The van der Waals surface area contributed by atoms with E-state index in [1.807, 2.05) is 23.1 Å². The van der Waals surface area contributed by atoms with E-state index in [-0.39, 0.29) is 6.54 Å². The van der Waals surface area contributed by atoms with Gasteiger partial charge in [0.1, 0.15) is 12.6 Å². The van der Waals surface area contributed by atoms with Crippen molar-refractivity contribution in [2.24, 2.45) is 5.92 Å². The quantitative estimate of drug-likeness (QED) is 0.566. The van der Waals surface area contributed by atoms with Crippen LogP contribution in [0, 0.1) is 5.92 Å². The summed E-state index contributed by atoms with van der Waals surface area (Å²) in [4.78, 5) is 25.6. The molecule has 1 saturated heterocycles. The summed E-state index contributed by atoms with van der Waals surface area (Å²) < 4.78 is 1.57. The topological polar surface area (TPSA) is 82.8 Å². The molecule has 6 nitrogen and oxygen atoms in total. The van der Waals surface area contributed by atoms with Crippen molar-refractivity contribution in [3.05, 3.63) is 70.9 Å². The second kappa shape index (κ2) is 9.12. The van der Waals surface area contributed by atoms with Crippen molar-refractivity contribution in [2.45, 2.75) is 31.8 Å². The van der Waals surface area contributed by atoms with Crippen LogP contribution in [0.3, 0.4) is 0 Å². The molecule has 1 fully saturated rings. The molecule has 2 aromatic carbocycles. The number of carboxylic acids is 2. The van der Waals surface area contributed by atoms with E-state index in [1.54, 1.807) is 29.0 Å². The molecule has 0 spiro atoms. The molecule has 0 bridgehead atoms. The molecule has 3 aromatic rings. The van der Waals surface area contributed by atoms with Crippen molar-refractivity contribution in [1.29, 1.82) is 0 Å². The summed E-state index contributed by atoms with van der Waals surface area (Å²) in [6, 6.07) is 14.7. The lowest BCUT2D eigenvalue weighted by Gasteiger charge is -2.35. The number of benzene rings is 2. The molecule has 1 aliphatic rings. The number of hydrogen-bond donors (Lipinski definition) is 2. The van der Waals surface area contributed by atoms with Gasteiger partial charge in [-0.15, -0.1) is 0 Å². The van der Waals surface area contributed by atoms with Crippen LogP contribution in [0.25, 0.3) is 10.9 Å². The maximum Gasteiger partial charge on any atom is 0.325 e. The summed E-state index contributed by atoms with van der Waals surface area (Å²) in [5.74, 6) is -1.39. The predicted octanol–water partition coefficient (Wildman–Crippen LogP) is 4.46. The van der Waals surface area contributed by atoms with Crippen LogP contribution in [-0.2, 0) is 22.6 Å². The van der Waals surface area contributed by atoms with Crippen LogP contribution in [0.5, 0.6) is 0 Å². The summed E-state index contributed by atoms with van der Waals surface area (Å²) in [5.41, 5.74) is 2.56. The molecule has 0 unspecified atom stereocenters. The zero-order chi connectivity index (χ0) is 22.0. The predicted molar refractivity (Wildman–Crippen MR) is 119 cm³/mol. The van der Waals surface area contributed by atoms with E-state index >= 15 is 0 Å². The summed E-state index contributed by atoms with van der Waals surface area (Å²) in [7, 11) is 0. The summed E-state index contributed by atoms with van der Waals surface area (Å²) in [6.45, 7) is 1.13. The number of aliphatic carboxylic acids is 2. The van der Waals surface area contributed by atoms with Crippen molar-refractivity contribution < 1.29 is 19.8 Å². The van der Waals surface area contributed by atoms with Gasteiger partial charge >= 0.3 is 11.9 Å². The lowest BCUT2D eigenvalue weighted by atomic mass is 9.89. The van der Waals surface area contributed by atoms with E-state index in [0.717, 1.165) is 24.6 Å². The Kier molecular flexibility index (Phi) is 6.30. The Hall–Kier alpha value is -2.83. The number of fused-ring (bicyclic) bond motifs is 1. The highest BCUT2D eigenvalue weighted by Crippen LogP contribution is 2.35. The molecule has 7 heteroatoms. The van der Waals surface area contributed by atoms with Crippen LogP contribution in [0.2, 0.25) is 5.02 Å².